The summed E-state index contributed by atoms with van der Waals surface area (Å²) in [4.78, 5) is 39.9. The van der Waals surface area contributed by atoms with E-state index in [4.69, 9.17) is 4.74 Å². The number of carbonyl (C=O) groups is 3. The van der Waals surface area contributed by atoms with Crippen molar-refractivity contribution in [3.8, 4) is 0 Å². The Hall–Kier alpha value is -4.20. The van der Waals surface area contributed by atoms with Crippen molar-refractivity contribution >= 4 is 23.6 Å². The maximum absolute atomic E-state index is 13.9. The minimum absolute atomic E-state index is 0.0662. The van der Waals surface area contributed by atoms with Crippen molar-refractivity contribution in [1.29, 1.82) is 0 Å². The lowest BCUT2D eigenvalue weighted by molar-refractivity contribution is -0.126. The lowest BCUT2D eigenvalue weighted by atomic mass is 10.00. The van der Waals surface area contributed by atoms with Gasteiger partial charge in [-0.15, -0.1) is 0 Å². The molecular weight excluding hydrogens is 461 g/mol. The van der Waals surface area contributed by atoms with Crippen LogP contribution in [0.2, 0.25) is 0 Å². The molecule has 2 N–H and O–H groups in total. The zero-order valence-corrected chi connectivity index (χ0v) is 20.3. The summed E-state index contributed by atoms with van der Waals surface area (Å²) in [5.74, 6) is -1.51. The van der Waals surface area contributed by atoms with Crippen LogP contribution in [0, 0.1) is 12.7 Å². The summed E-state index contributed by atoms with van der Waals surface area (Å²) >= 11 is 0. The summed E-state index contributed by atoms with van der Waals surface area (Å²) in [7, 11) is 0. The number of aryl methyl sites for hydroxylation is 1. The van der Waals surface area contributed by atoms with E-state index in [9.17, 15) is 18.8 Å². The average Bonchev–Trinajstić information content (AvgIpc) is 3.16. The number of halogens is 1. The first-order chi connectivity index (χ1) is 17.2. The van der Waals surface area contributed by atoms with E-state index in [-0.39, 0.29) is 24.1 Å². The van der Waals surface area contributed by atoms with Crippen molar-refractivity contribution in [3.05, 3.63) is 101 Å². The molecule has 3 aromatic rings. The smallest absolute Gasteiger partial charge is 0.411 e. The molecule has 3 amide bonds. The van der Waals surface area contributed by atoms with Crippen molar-refractivity contribution in [2.75, 3.05) is 5.32 Å². The fraction of sp³-hybridized carbons (Fsp3) is 0.250. The van der Waals surface area contributed by atoms with E-state index < -0.39 is 30.0 Å². The molecule has 1 aliphatic rings. The lowest BCUT2D eigenvalue weighted by Crippen LogP contribution is -2.48. The molecule has 36 heavy (non-hydrogen) atoms. The summed E-state index contributed by atoms with van der Waals surface area (Å²) in [5, 5.41) is 5.54. The molecule has 7 nitrogen and oxygen atoms in total. The SMILES string of the molecule is Cc1ccc(CN2C(=O)OC(c3ccc(NC(=O)c4ccccc4F)cc3)C2C(=O)NC(C)C)cc1. The van der Waals surface area contributed by atoms with Gasteiger partial charge in [-0.05, 0) is 56.2 Å². The largest absolute Gasteiger partial charge is 0.438 e. The summed E-state index contributed by atoms with van der Waals surface area (Å²) in [6.45, 7) is 5.90. The average molecular weight is 490 g/mol. The Morgan fingerprint density at radius 3 is 2.31 bits per heavy atom. The highest BCUT2D eigenvalue weighted by atomic mass is 19.1. The molecule has 0 bridgehead atoms. The molecule has 3 aromatic carbocycles. The number of carbonyl (C=O) groups excluding carboxylic acids is 3. The second kappa shape index (κ2) is 10.6. The van der Waals surface area contributed by atoms with Crippen molar-refractivity contribution in [3.63, 3.8) is 0 Å². The van der Waals surface area contributed by atoms with Gasteiger partial charge in [-0.1, -0.05) is 54.1 Å². The molecule has 186 valence electrons. The first-order valence-corrected chi connectivity index (χ1v) is 11.7. The van der Waals surface area contributed by atoms with E-state index in [1.807, 2.05) is 45.0 Å². The predicted octanol–water partition coefficient (Wildman–Crippen LogP) is 4.97. The summed E-state index contributed by atoms with van der Waals surface area (Å²) < 4.78 is 19.6. The van der Waals surface area contributed by atoms with Gasteiger partial charge in [0, 0.05) is 11.7 Å². The van der Waals surface area contributed by atoms with Crippen LogP contribution in [0.4, 0.5) is 14.9 Å². The van der Waals surface area contributed by atoms with Crippen LogP contribution in [0.15, 0.2) is 72.8 Å². The molecule has 1 heterocycles. The number of ether oxygens (including phenoxy) is 1. The number of anilines is 1. The second-order valence-corrected chi connectivity index (χ2v) is 9.08. The van der Waals surface area contributed by atoms with Gasteiger partial charge in [-0.25, -0.2) is 9.18 Å². The van der Waals surface area contributed by atoms with Gasteiger partial charge in [0.2, 0.25) is 5.91 Å². The number of benzene rings is 3. The van der Waals surface area contributed by atoms with E-state index in [2.05, 4.69) is 10.6 Å². The van der Waals surface area contributed by atoms with Crippen molar-refractivity contribution in [2.24, 2.45) is 0 Å². The van der Waals surface area contributed by atoms with Gasteiger partial charge in [0.1, 0.15) is 5.82 Å². The number of amides is 3. The summed E-state index contributed by atoms with van der Waals surface area (Å²) in [6.07, 6.45) is -1.42. The first kappa shape index (κ1) is 24.9. The van der Waals surface area contributed by atoms with Crippen LogP contribution in [-0.4, -0.2) is 34.9 Å². The van der Waals surface area contributed by atoms with E-state index in [1.165, 1.54) is 23.1 Å². The molecule has 1 fully saturated rings. The Morgan fingerprint density at radius 2 is 1.67 bits per heavy atom. The van der Waals surface area contributed by atoms with E-state index in [0.717, 1.165) is 11.1 Å². The Morgan fingerprint density at radius 1 is 1.00 bits per heavy atom. The molecule has 2 atom stereocenters. The topological polar surface area (TPSA) is 87.7 Å². The van der Waals surface area contributed by atoms with Crippen molar-refractivity contribution < 1.29 is 23.5 Å². The van der Waals surface area contributed by atoms with E-state index in [0.29, 0.717) is 11.3 Å². The van der Waals surface area contributed by atoms with Gasteiger partial charge in [-0.3, -0.25) is 14.5 Å². The molecule has 0 aliphatic carbocycles. The fourth-order valence-electron chi connectivity index (χ4n) is 4.07. The molecule has 4 rings (SSSR count). The van der Waals surface area contributed by atoms with Crippen LogP contribution < -0.4 is 10.6 Å². The number of nitrogens with zero attached hydrogens (tertiary/aromatic N) is 1. The van der Waals surface area contributed by atoms with Crippen molar-refractivity contribution in [2.45, 2.75) is 45.5 Å². The zero-order chi connectivity index (χ0) is 25.8. The number of rotatable bonds is 7. The van der Waals surface area contributed by atoms with E-state index >= 15 is 0 Å². The highest BCUT2D eigenvalue weighted by Crippen LogP contribution is 2.34. The summed E-state index contributed by atoms with van der Waals surface area (Å²) in [5.41, 5.74) is 2.95. The molecule has 1 saturated heterocycles. The van der Waals surface area contributed by atoms with Crippen LogP contribution in [0.1, 0.15) is 47.0 Å². The Kier molecular flexibility index (Phi) is 7.33. The highest BCUT2D eigenvalue weighted by molar-refractivity contribution is 6.04. The third-order valence-corrected chi connectivity index (χ3v) is 5.87. The quantitative estimate of drug-likeness (QED) is 0.490. The van der Waals surface area contributed by atoms with Gasteiger partial charge < -0.3 is 15.4 Å². The third kappa shape index (κ3) is 5.54. The molecule has 1 aliphatic heterocycles. The summed E-state index contributed by atoms with van der Waals surface area (Å²) in [6, 6.07) is 19.1. The van der Waals surface area contributed by atoms with Crippen LogP contribution in [-0.2, 0) is 16.1 Å². The molecular formula is C28H28FN3O4. The van der Waals surface area contributed by atoms with Gasteiger partial charge in [0.05, 0.1) is 12.1 Å². The zero-order valence-electron chi connectivity index (χ0n) is 20.3. The Labute approximate surface area is 209 Å². The molecule has 8 heteroatoms. The second-order valence-electron chi connectivity index (χ2n) is 9.08. The van der Waals surface area contributed by atoms with Gasteiger partial charge >= 0.3 is 6.09 Å². The monoisotopic (exact) mass is 489 g/mol. The molecule has 2 unspecified atom stereocenters. The van der Waals surface area contributed by atoms with Crippen molar-refractivity contribution in [1.82, 2.24) is 10.2 Å². The van der Waals surface area contributed by atoms with Crippen LogP contribution >= 0.6 is 0 Å². The number of nitrogens with one attached hydrogen (secondary N) is 2. The minimum Gasteiger partial charge on any atom is -0.438 e. The minimum atomic E-state index is -0.875. The maximum Gasteiger partial charge on any atom is 0.411 e. The fourth-order valence-corrected chi connectivity index (χ4v) is 4.07. The Balaban J connectivity index is 1.56. The lowest BCUT2D eigenvalue weighted by Gasteiger charge is -2.25. The Bertz CT molecular complexity index is 1260. The number of cyclic esters (lactones) is 1. The maximum atomic E-state index is 13.9. The number of hydrogen-bond acceptors (Lipinski definition) is 4. The van der Waals surface area contributed by atoms with Gasteiger partial charge in [0.25, 0.3) is 5.91 Å². The van der Waals surface area contributed by atoms with Crippen LogP contribution in [0.5, 0.6) is 0 Å². The molecule has 0 spiro atoms. The van der Waals surface area contributed by atoms with E-state index in [1.54, 1.807) is 30.3 Å². The normalized spacial score (nSPS) is 17.1. The highest BCUT2D eigenvalue weighted by Gasteiger charge is 2.47. The number of hydrogen-bond donors (Lipinski definition) is 2. The van der Waals surface area contributed by atoms with Crippen LogP contribution in [0.25, 0.3) is 0 Å². The molecule has 0 saturated carbocycles. The van der Waals surface area contributed by atoms with Crippen LogP contribution in [0.3, 0.4) is 0 Å². The molecule has 0 radical (unpaired) electrons. The third-order valence-electron chi connectivity index (χ3n) is 5.87. The van der Waals surface area contributed by atoms with Gasteiger partial charge in [0.15, 0.2) is 12.1 Å². The first-order valence-electron chi connectivity index (χ1n) is 11.7. The van der Waals surface area contributed by atoms with Gasteiger partial charge in [-0.2, -0.15) is 0 Å². The molecule has 0 aromatic heterocycles. The standard InChI is InChI=1S/C28H28FN3O4/c1-17(2)30-27(34)24-25(36-28(35)32(24)16-19-10-8-18(3)9-11-19)20-12-14-21(15-13-20)31-26(33)22-6-4-5-7-23(22)29/h4-15,17,24-25H,16H2,1-3H3,(H,30,34)(H,31,33). The predicted molar refractivity (Wildman–Crippen MR) is 134 cm³/mol.